The van der Waals surface area contributed by atoms with E-state index in [0.717, 1.165) is 57.2 Å². The lowest BCUT2D eigenvalue weighted by Gasteiger charge is -2.25. The minimum absolute atomic E-state index is 0. The number of nitrogens with one attached hydrogen (secondary N) is 1. The van der Waals surface area contributed by atoms with E-state index >= 15 is 0 Å². The topological polar surface area (TPSA) is 59.0 Å². The normalized spacial score (nSPS) is 21.0. The van der Waals surface area contributed by atoms with Crippen LogP contribution >= 0.6 is 24.0 Å². The molecule has 1 aromatic heterocycles. The molecule has 3 heterocycles. The van der Waals surface area contributed by atoms with Crippen molar-refractivity contribution in [3.05, 3.63) is 54.0 Å². The summed E-state index contributed by atoms with van der Waals surface area (Å²) in [5.41, 5.74) is 1.13. The third-order valence-corrected chi connectivity index (χ3v) is 5.52. The summed E-state index contributed by atoms with van der Waals surface area (Å²) in [7, 11) is 0. The van der Waals surface area contributed by atoms with E-state index in [1.807, 2.05) is 12.1 Å². The highest BCUT2D eigenvalue weighted by Crippen LogP contribution is 2.38. The SMILES string of the molecule is CCNC(=NCc1cccnc1Oc1cccc(F)c1)N1CCC2(CCOC2)C1.I. The van der Waals surface area contributed by atoms with Gasteiger partial charge in [0.25, 0.3) is 0 Å². The largest absolute Gasteiger partial charge is 0.439 e. The summed E-state index contributed by atoms with van der Waals surface area (Å²) >= 11 is 0. The quantitative estimate of drug-likeness (QED) is 0.360. The number of hydrogen-bond acceptors (Lipinski definition) is 4. The standard InChI is InChI=1S/C22H27FN4O2.HI/c1-2-24-21(27-11-8-22(15-27)9-12-28-16-22)26-14-17-5-4-10-25-20(17)29-19-7-3-6-18(23)13-19;/h3-7,10,13H,2,8-9,11-12,14-16H2,1H3,(H,24,26);1H. The average Bonchev–Trinajstić information content (AvgIpc) is 3.36. The molecule has 1 N–H and O–H groups in total. The number of likely N-dealkylation sites (tertiary alicyclic amines) is 1. The molecule has 8 heteroatoms. The Bertz CT molecular complexity index is 874. The van der Waals surface area contributed by atoms with Gasteiger partial charge in [0.2, 0.25) is 5.88 Å². The van der Waals surface area contributed by atoms with Crippen molar-refractivity contribution in [2.75, 3.05) is 32.8 Å². The molecule has 2 aliphatic rings. The number of benzene rings is 1. The number of guanidine groups is 1. The van der Waals surface area contributed by atoms with Gasteiger partial charge in [0, 0.05) is 49.5 Å². The fraction of sp³-hybridized carbons (Fsp3) is 0.455. The second-order valence-corrected chi connectivity index (χ2v) is 7.67. The van der Waals surface area contributed by atoms with Gasteiger partial charge in [-0.05, 0) is 38.0 Å². The van der Waals surface area contributed by atoms with Gasteiger partial charge in [-0.25, -0.2) is 14.4 Å². The third kappa shape index (κ3) is 5.40. The maximum absolute atomic E-state index is 13.5. The van der Waals surface area contributed by atoms with Crippen LogP contribution in [-0.2, 0) is 11.3 Å². The lowest BCUT2D eigenvalue weighted by molar-refractivity contribution is 0.156. The van der Waals surface area contributed by atoms with Crippen molar-refractivity contribution < 1.29 is 13.9 Å². The van der Waals surface area contributed by atoms with Crippen molar-refractivity contribution in [3.8, 4) is 11.6 Å². The van der Waals surface area contributed by atoms with Crippen LogP contribution in [0.25, 0.3) is 0 Å². The van der Waals surface area contributed by atoms with E-state index < -0.39 is 0 Å². The summed E-state index contributed by atoms with van der Waals surface area (Å²) in [6.45, 7) is 6.96. The zero-order chi connectivity index (χ0) is 20.1. The van der Waals surface area contributed by atoms with Crippen molar-refractivity contribution in [2.24, 2.45) is 10.4 Å². The van der Waals surface area contributed by atoms with Crippen LogP contribution in [0.5, 0.6) is 11.6 Å². The molecule has 0 radical (unpaired) electrons. The van der Waals surface area contributed by atoms with Crippen LogP contribution in [0.3, 0.4) is 0 Å². The number of aromatic nitrogens is 1. The molecule has 0 saturated carbocycles. The molecular weight excluding hydrogens is 498 g/mol. The average molecular weight is 526 g/mol. The lowest BCUT2D eigenvalue weighted by Crippen LogP contribution is -2.41. The maximum atomic E-state index is 13.5. The Hall–Kier alpha value is -1.94. The minimum atomic E-state index is -0.341. The highest BCUT2D eigenvalue weighted by atomic mass is 127. The first-order valence-corrected chi connectivity index (χ1v) is 10.2. The molecule has 1 spiro atoms. The molecule has 4 rings (SSSR count). The fourth-order valence-corrected chi connectivity index (χ4v) is 3.95. The van der Waals surface area contributed by atoms with Gasteiger partial charge < -0.3 is 19.7 Å². The van der Waals surface area contributed by atoms with Gasteiger partial charge in [-0.2, -0.15) is 0 Å². The third-order valence-electron chi connectivity index (χ3n) is 5.52. The molecule has 0 bridgehead atoms. The Labute approximate surface area is 193 Å². The van der Waals surface area contributed by atoms with Gasteiger partial charge in [-0.1, -0.05) is 12.1 Å². The number of rotatable bonds is 5. The first kappa shape index (κ1) is 22.7. The van der Waals surface area contributed by atoms with Crippen LogP contribution in [0.2, 0.25) is 0 Å². The highest BCUT2D eigenvalue weighted by molar-refractivity contribution is 14.0. The molecule has 1 unspecified atom stereocenters. The number of nitrogens with zero attached hydrogens (tertiary/aromatic N) is 3. The minimum Gasteiger partial charge on any atom is -0.439 e. The van der Waals surface area contributed by atoms with E-state index in [1.165, 1.54) is 12.1 Å². The summed E-state index contributed by atoms with van der Waals surface area (Å²) in [6, 6.07) is 9.85. The van der Waals surface area contributed by atoms with E-state index in [9.17, 15) is 4.39 Å². The number of pyridine rings is 1. The molecule has 6 nitrogen and oxygen atoms in total. The Kier molecular flexibility index (Phi) is 7.87. The second kappa shape index (κ2) is 10.4. The predicted molar refractivity (Wildman–Crippen MR) is 125 cm³/mol. The zero-order valence-electron chi connectivity index (χ0n) is 17.1. The van der Waals surface area contributed by atoms with Gasteiger partial charge in [-0.15, -0.1) is 24.0 Å². The van der Waals surface area contributed by atoms with Crippen molar-refractivity contribution >= 4 is 29.9 Å². The van der Waals surface area contributed by atoms with E-state index in [0.29, 0.717) is 18.2 Å². The zero-order valence-corrected chi connectivity index (χ0v) is 19.5. The second-order valence-electron chi connectivity index (χ2n) is 7.67. The molecule has 0 aliphatic carbocycles. The fourth-order valence-electron chi connectivity index (χ4n) is 3.95. The van der Waals surface area contributed by atoms with Crippen molar-refractivity contribution in [1.82, 2.24) is 15.2 Å². The Morgan fingerprint density at radius 2 is 2.23 bits per heavy atom. The first-order valence-electron chi connectivity index (χ1n) is 10.2. The molecule has 1 atom stereocenters. The van der Waals surface area contributed by atoms with Gasteiger partial charge in [0.1, 0.15) is 11.6 Å². The maximum Gasteiger partial charge on any atom is 0.224 e. The number of hydrogen-bond donors (Lipinski definition) is 1. The smallest absolute Gasteiger partial charge is 0.224 e. The summed E-state index contributed by atoms with van der Waals surface area (Å²) < 4.78 is 24.9. The molecular formula is C22H28FIN4O2. The number of ether oxygens (including phenoxy) is 2. The monoisotopic (exact) mass is 526 g/mol. The van der Waals surface area contributed by atoms with Crippen LogP contribution in [-0.4, -0.2) is 48.7 Å². The molecule has 2 aromatic rings. The van der Waals surface area contributed by atoms with Crippen LogP contribution in [0, 0.1) is 11.2 Å². The Morgan fingerprint density at radius 1 is 1.33 bits per heavy atom. The molecule has 2 fully saturated rings. The molecule has 2 aliphatic heterocycles. The van der Waals surface area contributed by atoms with Crippen LogP contribution in [0.4, 0.5) is 4.39 Å². The molecule has 30 heavy (non-hydrogen) atoms. The Morgan fingerprint density at radius 3 is 3.00 bits per heavy atom. The van der Waals surface area contributed by atoms with E-state index in [2.05, 4.69) is 22.1 Å². The summed E-state index contributed by atoms with van der Waals surface area (Å²) in [6.07, 6.45) is 3.92. The van der Waals surface area contributed by atoms with Gasteiger partial charge >= 0.3 is 0 Å². The molecule has 2 saturated heterocycles. The van der Waals surface area contributed by atoms with Crippen molar-refractivity contribution in [3.63, 3.8) is 0 Å². The molecule has 1 aromatic carbocycles. The van der Waals surface area contributed by atoms with Crippen molar-refractivity contribution in [1.29, 1.82) is 0 Å². The van der Waals surface area contributed by atoms with E-state index in [-0.39, 0.29) is 35.2 Å². The first-order chi connectivity index (χ1) is 14.2. The van der Waals surface area contributed by atoms with Crippen molar-refractivity contribution in [2.45, 2.75) is 26.3 Å². The van der Waals surface area contributed by atoms with Crippen LogP contribution in [0.15, 0.2) is 47.6 Å². The molecule has 162 valence electrons. The lowest BCUT2D eigenvalue weighted by atomic mass is 9.87. The predicted octanol–water partition coefficient (Wildman–Crippen LogP) is 4.21. The highest BCUT2D eigenvalue weighted by Gasteiger charge is 2.42. The molecule has 0 amide bonds. The number of aliphatic imine (C=N–C) groups is 1. The van der Waals surface area contributed by atoms with Crippen LogP contribution < -0.4 is 10.1 Å². The van der Waals surface area contributed by atoms with Gasteiger partial charge in [0.05, 0.1) is 13.2 Å². The van der Waals surface area contributed by atoms with Crippen LogP contribution in [0.1, 0.15) is 25.3 Å². The van der Waals surface area contributed by atoms with Gasteiger partial charge in [-0.3, -0.25) is 0 Å². The number of halogens is 2. The van der Waals surface area contributed by atoms with E-state index in [1.54, 1.807) is 18.3 Å². The van der Waals surface area contributed by atoms with E-state index in [4.69, 9.17) is 14.5 Å². The summed E-state index contributed by atoms with van der Waals surface area (Å²) in [4.78, 5) is 11.5. The van der Waals surface area contributed by atoms with Gasteiger partial charge in [0.15, 0.2) is 5.96 Å². The Balaban J connectivity index is 0.00000256. The summed E-state index contributed by atoms with van der Waals surface area (Å²) in [5, 5.41) is 3.40. The summed E-state index contributed by atoms with van der Waals surface area (Å²) in [5.74, 6) is 1.42.